The predicted molar refractivity (Wildman–Crippen MR) is 109 cm³/mol. The van der Waals surface area contributed by atoms with E-state index in [1.165, 1.54) is 42.6 Å². The van der Waals surface area contributed by atoms with Crippen molar-refractivity contribution in [2.45, 2.75) is 25.0 Å². The van der Waals surface area contributed by atoms with Crippen LogP contribution in [0.25, 0.3) is 16.7 Å². The molecule has 1 N–H and O–H groups in total. The fraction of sp³-hybridized carbons (Fsp3) is 0.167. The number of amides is 1. The van der Waals surface area contributed by atoms with E-state index in [4.69, 9.17) is 4.74 Å². The second-order valence-corrected chi connectivity index (χ2v) is 7.50. The minimum atomic E-state index is -0.665. The topological polar surface area (TPSA) is 51.2 Å². The van der Waals surface area contributed by atoms with Gasteiger partial charge in [-0.1, -0.05) is 18.2 Å². The number of hydrogen-bond donors (Lipinski definition) is 1. The number of ether oxygens (including phenoxy) is 1. The van der Waals surface area contributed by atoms with Crippen LogP contribution in [0, 0.1) is 17.5 Å². The van der Waals surface area contributed by atoms with E-state index in [-0.39, 0.29) is 28.5 Å². The Morgan fingerprint density at radius 1 is 0.903 bits per heavy atom. The van der Waals surface area contributed by atoms with Gasteiger partial charge in [0.15, 0.2) is 0 Å². The van der Waals surface area contributed by atoms with Gasteiger partial charge >= 0.3 is 0 Å². The number of nitrogens with zero attached hydrogens (tertiary/aromatic N) is 1. The van der Waals surface area contributed by atoms with Gasteiger partial charge in [-0.25, -0.2) is 13.2 Å². The Labute approximate surface area is 176 Å². The van der Waals surface area contributed by atoms with Crippen LogP contribution in [0.1, 0.15) is 18.4 Å². The van der Waals surface area contributed by atoms with Crippen molar-refractivity contribution in [2.24, 2.45) is 0 Å². The van der Waals surface area contributed by atoms with Crippen LogP contribution in [0.2, 0.25) is 0 Å². The molecule has 1 fully saturated rings. The monoisotopic (exact) mass is 422 g/mol. The van der Waals surface area contributed by atoms with Crippen molar-refractivity contribution in [2.75, 3.05) is 5.32 Å². The molecule has 5 rings (SSSR count). The van der Waals surface area contributed by atoms with Gasteiger partial charge in [0.05, 0.1) is 24.0 Å². The van der Waals surface area contributed by atoms with Crippen LogP contribution in [-0.4, -0.2) is 23.1 Å². The number of hydrogen-bond acceptors (Lipinski definition) is 3. The minimum Gasteiger partial charge on any atom is -0.365 e. The number of rotatable bonds is 4. The molecule has 1 saturated heterocycles. The maximum absolute atomic E-state index is 14.7. The Hall–Kier alpha value is -3.45. The Kier molecular flexibility index (Phi) is 4.82. The van der Waals surface area contributed by atoms with E-state index in [9.17, 15) is 18.0 Å². The van der Waals surface area contributed by atoms with Crippen molar-refractivity contribution in [1.29, 1.82) is 0 Å². The standard InChI is InChI=1S/C24H17F3N2O2/c25-17-4-2-1-3-14(17)15-6-5-13(11-18(15)26)29-24(30)23-21-8-7-20(31-21)22(23)16-9-10-28-12-19(16)27/h1-6,9-12,20-21H,7-8H2,(H,29,30)/t20-,21+/m0/s1. The smallest absolute Gasteiger partial charge is 0.254 e. The lowest BCUT2D eigenvalue weighted by atomic mass is 9.87. The van der Waals surface area contributed by atoms with Gasteiger partial charge in [-0.05, 0) is 43.2 Å². The highest BCUT2D eigenvalue weighted by Crippen LogP contribution is 2.45. The quantitative estimate of drug-likeness (QED) is 0.635. The van der Waals surface area contributed by atoms with E-state index >= 15 is 0 Å². The number of halogens is 3. The number of carbonyl (C=O) groups is 1. The molecule has 0 aliphatic carbocycles. The molecule has 1 aromatic heterocycles. The lowest BCUT2D eigenvalue weighted by Gasteiger charge is -2.17. The lowest BCUT2D eigenvalue weighted by Crippen LogP contribution is -2.23. The molecule has 2 atom stereocenters. The summed E-state index contributed by atoms with van der Waals surface area (Å²) in [5, 5.41) is 2.67. The molecule has 7 heteroatoms. The highest BCUT2D eigenvalue weighted by atomic mass is 19.1. The molecule has 31 heavy (non-hydrogen) atoms. The summed E-state index contributed by atoms with van der Waals surface area (Å²) >= 11 is 0. The van der Waals surface area contributed by atoms with Crippen LogP contribution in [-0.2, 0) is 9.53 Å². The molecule has 4 nitrogen and oxygen atoms in total. The maximum Gasteiger partial charge on any atom is 0.254 e. The van der Waals surface area contributed by atoms with Crippen molar-refractivity contribution in [3.63, 3.8) is 0 Å². The maximum atomic E-state index is 14.7. The molecular formula is C24H17F3N2O2. The van der Waals surface area contributed by atoms with Crippen LogP contribution in [0.15, 0.2) is 66.5 Å². The third kappa shape index (κ3) is 3.41. The number of fused-ring (bicyclic) bond motifs is 2. The molecule has 0 saturated carbocycles. The first-order valence-corrected chi connectivity index (χ1v) is 9.88. The predicted octanol–water partition coefficient (Wildman–Crippen LogP) is 5.12. The normalized spacial score (nSPS) is 19.7. The zero-order chi connectivity index (χ0) is 21.5. The Balaban J connectivity index is 1.46. The number of benzene rings is 2. The average Bonchev–Trinajstić information content (AvgIpc) is 3.37. The number of pyridine rings is 1. The summed E-state index contributed by atoms with van der Waals surface area (Å²) in [5.41, 5.74) is 1.59. The van der Waals surface area contributed by atoms with E-state index in [0.717, 1.165) is 12.3 Å². The third-order valence-corrected chi connectivity index (χ3v) is 5.65. The van der Waals surface area contributed by atoms with Crippen LogP contribution in [0.5, 0.6) is 0 Å². The molecule has 3 heterocycles. The second kappa shape index (κ2) is 7.67. The van der Waals surface area contributed by atoms with Crippen molar-refractivity contribution in [3.05, 3.63) is 89.5 Å². The van der Waals surface area contributed by atoms with Gasteiger partial charge in [0.1, 0.15) is 17.5 Å². The first-order valence-electron chi connectivity index (χ1n) is 9.88. The first-order chi connectivity index (χ1) is 15.0. The van der Waals surface area contributed by atoms with Crippen molar-refractivity contribution >= 4 is 17.2 Å². The van der Waals surface area contributed by atoms with E-state index in [1.54, 1.807) is 6.07 Å². The van der Waals surface area contributed by atoms with Gasteiger partial charge in [0.25, 0.3) is 5.91 Å². The van der Waals surface area contributed by atoms with Gasteiger partial charge in [0, 0.05) is 34.1 Å². The van der Waals surface area contributed by atoms with E-state index in [1.807, 2.05) is 0 Å². The molecule has 2 bridgehead atoms. The summed E-state index contributed by atoms with van der Waals surface area (Å²) < 4.78 is 48.9. The SMILES string of the molecule is O=C(Nc1ccc(-c2ccccc2F)c(F)c1)C1=C(c2ccncc2F)[C@@H]2CC[C@H]1O2. The molecular weight excluding hydrogens is 405 g/mol. The number of anilines is 1. The molecule has 2 aliphatic heterocycles. The van der Waals surface area contributed by atoms with E-state index in [2.05, 4.69) is 10.3 Å². The van der Waals surface area contributed by atoms with Gasteiger partial charge in [-0.15, -0.1) is 0 Å². The Morgan fingerprint density at radius 3 is 2.45 bits per heavy atom. The zero-order valence-electron chi connectivity index (χ0n) is 16.2. The fourth-order valence-electron chi connectivity index (χ4n) is 4.28. The average molecular weight is 422 g/mol. The molecule has 0 spiro atoms. The van der Waals surface area contributed by atoms with Crippen LogP contribution in [0.3, 0.4) is 0 Å². The highest BCUT2D eigenvalue weighted by Gasteiger charge is 2.44. The van der Waals surface area contributed by atoms with Gasteiger partial charge < -0.3 is 10.1 Å². The fourth-order valence-corrected chi connectivity index (χ4v) is 4.28. The minimum absolute atomic E-state index is 0.0955. The van der Waals surface area contributed by atoms with Crippen molar-refractivity contribution < 1.29 is 22.7 Å². The Morgan fingerprint density at radius 2 is 1.68 bits per heavy atom. The van der Waals surface area contributed by atoms with Crippen LogP contribution in [0.4, 0.5) is 18.9 Å². The van der Waals surface area contributed by atoms with Gasteiger partial charge in [-0.3, -0.25) is 9.78 Å². The van der Waals surface area contributed by atoms with Gasteiger partial charge in [0.2, 0.25) is 0 Å². The van der Waals surface area contributed by atoms with Crippen molar-refractivity contribution in [1.82, 2.24) is 4.98 Å². The molecule has 0 radical (unpaired) electrons. The van der Waals surface area contributed by atoms with Crippen LogP contribution < -0.4 is 5.32 Å². The summed E-state index contributed by atoms with van der Waals surface area (Å²) in [7, 11) is 0. The molecule has 3 aromatic rings. The molecule has 2 aromatic carbocycles. The molecule has 0 unspecified atom stereocenters. The van der Waals surface area contributed by atoms with E-state index in [0.29, 0.717) is 24.0 Å². The number of aromatic nitrogens is 1. The van der Waals surface area contributed by atoms with E-state index < -0.39 is 29.5 Å². The molecule has 2 aliphatic rings. The number of nitrogens with one attached hydrogen (secondary N) is 1. The van der Waals surface area contributed by atoms with Gasteiger partial charge in [-0.2, -0.15) is 0 Å². The molecule has 156 valence electrons. The second-order valence-electron chi connectivity index (χ2n) is 7.50. The third-order valence-electron chi connectivity index (χ3n) is 5.65. The largest absolute Gasteiger partial charge is 0.365 e. The summed E-state index contributed by atoms with van der Waals surface area (Å²) in [6.07, 6.45) is 3.12. The summed E-state index contributed by atoms with van der Waals surface area (Å²) in [6, 6.07) is 11.5. The van der Waals surface area contributed by atoms with Crippen molar-refractivity contribution in [3.8, 4) is 11.1 Å². The number of carbonyl (C=O) groups excluding carboxylic acids is 1. The summed E-state index contributed by atoms with van der Waals surface area (Å²) in [6.45, 7) is 0. The summed E-state index contributed by atoms with van der Waals surface area (Å²) in [4.78, 5) is 16.8. The zero-order valence-corrected chi connectivity index (χ0v) is 16.2. The van der Waals surface area contributed by atoms with Crippen LogP contribution >= 0.6 is 0 Å². The summed E-state index contributed by atoms with van der Waals surface area (Å²) in [5.74, 6) is -2.20. The first kappa shape index (κ1) is 19.5. The lowest BCUT2D eigenvalue weighted by molar-refractivity contribution is -0.113. The Bertz CT molecular complexity index is 1220. The molecule has 1 amide bonds. The highest BCUT2D eigenvalue weighted by molar-refractivity contribution is 6.11.